The molecule has 0 bridgehead atoms. The highest BCUT2D eigenvalue weighted by Crippen LogP contribution is 2.56. The van der Waals surface area contributed by atoms with E-state index in [0.29, 0.717) is 11.5 Å². The lowest BCUT2D eigenvalue weighted by atomic mass is 9.54. The molecule has 2 aromatic rings. The van der Waals surface area contributed by atoms with Crippen molar-refractivity contribution in [2.45, 2.75) is 30.8 Å². The summed E-state index contributed by atoms with van der Waals surface area (Å²) in [6, 6.07) is 14.5. The first-order valence-electron chi connectivity index (χ1n) is 10.0. The summed E-state index contributed by atoms with van der Waals surface area (Å²) in [5, 5.41) is 16.1. The van der Waals surface area contributed by atoms with E-state index in [4.69, 9.17) is 21.7 Å². The number of amides is 2. The summed E-state index contributed by atoms with van der Waals surface area (Å²) in [5.41, 5.74) is 0.0809. The van der Waals surface area contributed by atoms with Crippen LogP contribution in [0.2, 0.25) is 0 Å². The van der Waals surface area contributed by atoms with Crippen LogP contribution in [0.15, 0.2) is 48.5 Å². The Hall–Kier alpha value is -2.97. The average molecular weight is 441 g/mol. The lowest BCUT2D eigenvalue weighted by Crippen LogP contribution is -2.67. The molecule has 2 amide bonds. The van der Waals surface area contributed by atoms with Gasteiger partial charge in [0.15, 0.2) is 5.11 Å². The van der Waals surface area contributed by atoms with E-state index in [-0.39, 0.29) is 18.0 Å². The molecule has 2 aromatic carbocycles. The molecule has 7 nitrogen and oxygen atoms in total. The number of carbonyl (C=O) groups is 2. The number of hydrogen-bond donors (Lipinski definition) is 3. The van der Waals surface area contributed by atoms with Crippen molar-refractivity contribution in [3.05, 3.63) is 59.7 Å². The normalized spacial score (nSPS) is 25.0. The van der Waals surface area contributed by atoms with Gasteiger partial charge < -0.3 is 25.2 Å². The maximum atomic E-state index is 13.5. The fourth-order valence-electron chi connectivity index (χ4n) is 4.91. The Morgan fingerprint density at radius 1 is 0.839 bits per heavy atom. The van der Waals surface area contributed by atoms with Crippen LogP contribution >= 0.6 is 12.2 Å². The number of aliphatic hydroxyl groups excluding tert-OH is 1. The van der Waals surface area contributed by atoms with E-state index in [9.17, 15) is 14.7 Å². The summed E-state index contributed by atoms with van der Waals surface area (Å²) in [4.78, 5) is 27.0. The Labute approximate surface area is 185 Å². The van der Waals surface area contributed by atoms with E-state index in [1.165, 1.54) is 0 Å². The van der Waals surface area contributed by atoms with E-state index in [1.807, 2.05) is 24.3 Å². The lowest BCUT2D eigenvalue weighted by Gasteiger charge is -2.50. The average Bonchev–Trinajstić information content (AvgIpc) is 2.77. The number of methoxy groups -OCH3 is 2. The third-order valence-electron chi connectivity index (χ3n) is 6.36. The number of hydrogen-bond acceptors (Lipinski definition) is 6. The third kappa shape index (κ3) is 3.55. The molecule has 3 N–H and O–H groups in total. The largest absolute Gasteiger partial charge is 0.497 e. The first-order valence-corrected chi connectivity index (χ1v) is 10.4. The minimum atomic E-state index is -1.47. The predicted octanol–water partition coefficient (Wildman–Crippen LogP) is 2.24. The molecule has 1 spiro atoms. The van der Waals surface area contributed by atoms with Gasteiger partial charge in [-0.1, -0.05) is 24.3 Å². The Bertz CT molecular complexity index is 926. The van der Waals surface area contributed by atoms with Gasteiger partial charge in [-0.3, -0.25) is 9.59 Å². The molecular formula is C23H24N2O5S. The van der Waals surface area contributed by atoms with Crippen molar-refractivity contribution in [1.82, 2.24) is 10.6 Å². The number of aliphatic hydroxyl groups is 1. The van der Waals surface area contributed by atoms with E-state index < -0.39 is 35.2 Å². The van der Waals surface area contributed by atoms with Crippen LogP contribution in [-0.4, -0.2) is 42.4 Å². The summed E-state index contributed by atoms with van der Waals surface area (Å²) < 4.78 is 10.5. The number of rotatable bonds is 4. The summed E-state index contributed by atoms with van der Waals surface area (Å²) >= 11 is 5.07. The molecular weight excluding hydrogens is 416 g/mol. The predicted molar refractivity (Wildman–Crippen MR) is 118 cm³/mol. The van der Waals surface area contributed by atoms with Crippen molar-refractivity contribution in [3.63, 3.8) is 0 Å². The van der Waals surface area contributed by atoms with Crippen LogP contribution in [0.5, 0.6) is 11.5 Å². The van der Waals surface area contributed by atoms with Gasteiger partial charge in [0.1, 0.15) is 16.9 Å². The van der Waals surface area contributed by atoms with Crippen LogP contribution in [0.25, 0.3) is 0 Å². The minimum absolute atomic E-state index is 0.00583. The topological polar surface area (TPSA) is 96.9 Å². The molecule has 162 valence electrons. The Morgan fingerprint density at radius 2 is 1.23 bits per heavy atom. The molecule has 4 rings (SSSR count). The van der Waals surface area contributed by atoms with Gasteiger partial charge in [-0.15, -0.1) is 0 Å². The molecule has 8 heteroatoms. The van der Waals surface area contributed by atoms with Gasteiger partial charge in [-0.25, -0.2) is 0 Å². The van der Waals surface area contributed by atoms with Crippen molar-refractivity contribution in [3.8, 4) is 11.5 Å². The summed E-state index contributed by atoms with van der Waals surface area (Å²) in [6.07, 6.45) is -0.140. The van der Waals surface area contributed by atoms with Crippen LogP contribution in [0.3, 0.4) is 0 Å². The Kier molecular flexibility index (Phi) is 5.68. The van der Waals surface area contributed by atoms with Gasteiger partial charge in [0.25, 0.3) is 0 Å². The molecule has 31 heavy (non-hydrogen) atoms. The second-order valence-electron chi connectivity index (χ2n) is 7.88. The van der Waals surface area contributed by atoms with Gasteiger partial charge in [-0.2, -0.15) is 0 Å². The van der Waals surface area contributed by atoms with Crippen molar-refractivity contribution >= 4 is 29.1 Å². The standard InChI is InChI=1S/C23H24N2O5S/c1-29-16-7-3-13(4-8-16)18-11-15(26)12-19(14-5-9-17(30-2)10-6-14)23(18)20(27)24-22(31)25-21(23)28/h3-10,15,18-19,26H,11-12H2,1-2H3,(H2,24,25,27,28,31). The molecule has 1 saturated heterocycles. The van der Waals surface area contributed by atoms with Crippen molar-refractivity contribution < 1.29 is 24.2 Å². The molecule has 1 aliphatic carbocycles. The number of thiocarbonyl (C=S) groups is 1. The molecule has 2 fully saturated rings. The zero-order chi connectivity index (χ0) is 22.2. The summed E-state index contributed by atoms with van der Waals surface area (Å²) in [7, 11) is 3.15. The smallest absolute Gasteiger partial charge is 0.243 e. The molecule has 2 aliphatic rings. The highest BCUT2D eigenvalue weighted by Gasteiger charge is 2.62. The Balaban J connectivity index is 1.88. The van der Waals surface area contributed by atoms with Crippen molar-refractivity contribution in [2.75, 3.05) is 14.2 Å². The van der Waals surface area contributed by atoms with Crippen molar-refractivity contribution in [2.24, 2.45) is 5.41 Å². The van der Waals surface area contributed by atoms with Crippen LogP contribution in [-0.2, 0) is 9.59 Å². The number of benzene rings is 2. The molecule has 2 unspecified atom stereocenters. The van der Waals surface area contributed by atoms with Gasteiger partial charge >= 0.3 is 0 Å². The first-order chi connectivity index (χ1) is 14.9. The zero-order valence-electron chi connectivity index (χ0n) is 17.3. The van der Waals surface area contributed by atoms with E-state index >= 15 is 0 Å². The molecule has 1 heterocycles. The number of nitrogens with one attached hydrogen (secondary N) is 2. The Morgan fingerprint density at radius 3 is 1.58 bits per heavy atom. The highest BCUT2D eigenvalue weighted by molar-refractivity contribution is 7.80. The second-order valence-corrected chi connectivity index (χ2v) is 8.29. The van der Waals surface area contributed by atoms with Crippen LogP contribution < -0.4 is 20.1 Å². The molecule has 0 radical (unpaired) electrons. The summed E-state index contributed by atoms with van der Waals surface area (Å²) in [6.45, 7) is 0. The fraction of sp³-hybridized carbons (Fsp3) is 0.348. The van der Waals surface area contributed by atoms with Crippen LogP contribution in [0.1, 0.15) is 35.8 Å². The highest BCUT2D eigenvalue weighted by atomic mass is 32.1. The van der Waals surface area contributed by atoms with Gasteiger partial charge in [0.05, 0.1) is 20.3 Å². The second kappa shape index (κ2) is 8.28. The van der Waals surface area contributed by atoms with Gasteiger partial charge in [-0.05, 0) is 60.5 Å². The number of ether oxygens (including phenoxy) is 2. The third-order valence-corrected chi connectivity index (χ3v) is 6.56. The maximum absolute atomic E-state index is 13.5. The van der Waals surface area contributed by atoms with E-state index in [1.54, 1.807) is 38.5 Å². The summed E-state index contributed by atoms with van der Waals surface area (Å²) in [5.74, 6) is -0.682. The zero-order valence-corrected chi connectivity index (χ0v) is 18.1. The fourth-order valence-corrected chi connectivity index (χ4v) is 5.09. The monoisotopic (exact) mass is 440 g/mol. The SMILES string of the molecule is COc1ccc(C2CC(O)CC(c3ccc(OC)cc3)C23C(=O)NC(=S)NC3=O)cc1. The van der Waals surface area contributed by atoms with Crippen LogP contribution in [0, 0.1) is 5.41 Å². The lowest BCUT2D eigenvalue weighted by molar-refractivity contribution is -0.151. The van der Waals surface area contributed by atoms with E-state index in [2.05, 4.69) is 10.6 Å². The van der Waals surface area contributed by atoms with Crippen LogP contribution in [0.4, 0.5) is 0 Å². The van der Waals surface area contributed by atoms with Gasteiger partial charge in [0, 0.05) is 11.8 Å². The quantitative estimate of drug-likeness (QED) is 0.499. The molecule has 1 aliphatic heterocycles. The van der Waals surface area contributed by atoms with E-state index in [0.717, 1.165) is 11.1 Å². The number of carbonyl (C=O) groups excluding carboxylic acids is 2. The van der Waals surface area contributed by atoms with Crippen molar-refractivity contribution in [1.29, 1.82) is 0 Å². The molecule has 1 saturated carbocycles. The molecule has 2 atom stereocenters. The minimum Gasteiger partial charge on any atom is -0.497 e. The van der Waals surface area contributed by atoms with Gasteiger partial charge in [0.2, 0.25) is 11.8 Å². The first kappa shape index (κ1) is 21.3. The molecule has 0 aromatic heterocycles. The maximum Gasteiger partial charge on any atom is 0.243 e.